The van der Waals surface area contributed by atoms with E-state index in [9.17, 15) is 13.2 Å². The molecule has 9 heteroatoms. The highest BCUT2D eigenvalue weighted by atomic mass is 32.2. The van der Waals surface area contributed by atoms with Gasteiger partial charge >= 0.3 is 6.09 Å². The maximum atomic E-state index is 12.5. The number of aromatic nitrogens is 2. The number of ether oxygens (including phenoxy) is 1. The lowest BCUT2D eigenvalue weighted by molar-refractivity contribution is 0.152. The third-order valence-electron chi connectivity index (χ3n) is 3.77. The summed E-state index contributed by atoms with van der Waals surface area (Å²) in [5.41, 5.74) is 1.85. The maximum absolute atomic E-state index is 12.5. The van der Waals surface area contributed by atoms with Gasteiger partial charge in [-0.15, -0.1) is 0 Å². The molecule has 1 amide bonds. The standard InChI is InChI=1S/C19H26N4O4S/c1-4-27-19(24)20-10-9-15-5-7-17(8-6-15)28(25,26)23-18-21-12-16(13-22-18)11-14(2)3/h5-8,12-14H,4,9-11H2,1-3H3,(H,20,24)(H,21,22,23). The number of benzene rings is 1. The maximum Gasteiger partial charge on any atom is 0.407 e. The summed E-state index contributed by atoms with van der Waals surface area (Å²) in [5, 5.41) is 2.62. The van der Waals surface area contributed by atoms with Crippen LogP contribution in [0.4, 0.5) is 10.7 Å². The number of anilines is 1. The molecule has 2 aromatic rings. The number of alkyl carbamates (subject to hydrolysis) is 1. The molecule has 0 aliphatic carbocycles. The van der Waals surface area contributed by atoms with Crippen LogP contribution in [0.1, 0.15) is 31.9 Å². The van der Waals surface area contributed by atoms with E-state index in [0.29, 0.717) is 25.5 Å². The Balaban J connectivity index is 1.95. The van der Waals surface area contributed by atoms with Crippen molar-refractivity contribution in [3.8, 4) is 0 Å². The summed E-state index contributed by atoms with van der Waals surface area (Å²) in [6, 6.07) is 6.42. The number of nitrogens with zero attached hydrogens (tertiary/aromatic N) is 2. The Kier molecular flexibility index (Phi) is 7.74. The molecule has 0 unspecified atom stereocenters. The molecule has 0 saturated heterocycles. The van der Waals surface area contributed by atoms with Crippen molar-refractivity contribution in [1.82, 2.24) is 15.3 Å². The Bertz CT molecular complexity index is 866. The van der Waals surface area contributed by atoms with Crippen LogP contribution in [-0.4, -0.2) is 37.6 Å². The van der Waals surface area contributed by atoms with Crippen LogP contribution in [0.2, 0.25) is 0 Å². The highest BCUT2D eigenvalue weighted by molar-refractivity contribution is 7.92. The summed E-state index contributed by atoms with van der Waals surface area (Å²) in [6.07, 6.45) is 4.19. The smallest absolute Gasteiger partial charge is 0.407 e. The molecule has 0 bridgehead atoms. The highest BCUT2D eigenvalue weighted by Gasteiger charge is 2.15. The number of hydrogen-bond donors (Lipinski definition) is 2. The lowest BCUT2D eigenvalue weighted by Crippen LogP contribution is -2.26. The van der Waals surface area contributed by atoms with Crippen molar-refractivity contribution in [2.45, 2.75) is 38.5 Å². The molecule has 0 fully saturated rings. The molecule has 8 nitrogen and oxygen atoms in total. The molecule has 2 N–H and O–H groups in total. The molecule has 0 aliphatic rings. The molecule has 1 aromatic carbocycles. The molecule has 2 rings (SSSR count). The zero-order chi connectivity index (χ0) is 20.6. The van der Waals surface area contributed by atoms with Crippen LogP contribution in [-0.2, 0) is 27.6 Å². The molecule has 28 heavy (non-hydrogen) atoms. The van der Waals surface area contributed by atoms with Gasteiger partial charge in [0.05, 0.1) is 11.5 Å². The first-order chi connectivity index (χ1) is 13.3. The Hall–Kier alpha value is -2.68. The van der Waals surface area contributed by atoms with Crippen molar-refractivity contribution in [3.05, 3.63) is 47.8 Å². The average molecular weight is 407 g/mol. The van der Waals surface area contributed by atoms with Crippen LogP contribution in [0.3, 0.4) is 0 Å². The van der Waals surface area contributed by atoms with Crippen molar-refractivity contribution in [2.24, 2.45) is 5.92 Å². The van der Waals surface area contributed by atoms with E-state index in [2.05, 4.69) is 33.9 Å². The molecular weight excluding hydrogens is 380 g/mol. The van der Waals surface area contributed by atoms with Crippen molar-refractivity contribution in [1.29, 1.82) is 0 Å². The van der Waals surface area contributed by atoms with Gasteiger partial charge < -0.3 is 10.1 Å². The summed E-state index contributed by atoms with van der Waals surface area (Å²) in [7, 11) is -3.77. The number of hydrogen-bond acceptors (Lipinski definition) is 6. The lowest BCUT2D eigenvalue weighted by atomic mass is 10.1. The number of amides is 1. The number of carbonyl (C=O) groups is 1. The van der Waals surface area contributed by atoms with Gasteiger partial charge in [0, 0.05) is 18.9 Å². The van der Waals surface area contributed by atoms with Crippen molar-refractivity contribution >= 4 is 22.1 Å². The Morgan fingerprint density at radius 1 is 1.11 bits per heavy atom. The van der Waals surface area contributed by atoms with Gasteiger partial charge in [0.25, 0.3) is 10.0 Å². The Morgan fingerprint density at radius 3 is 2.32 bits per heavy atom. The van der Waals surface area contributed by atoms with E-state index in [1.165, 1.54) is 12.1 Å². The molecule has 0 saturated carbocycles. The second-order valence-electron chi connectivity index (χ2n) is 6.66. The SMILES string of the molecule is CCOC(=O)NCCc1ccc(S(=O)(=O)Nc2ncc(CC(C)C)cn2)cc1. The fraction of sp³-hybridized carbons (Fsp3) is 0.421. The van der Waals surface area contributed by atoms with Gasteiger partial charge in [-0.3, -0.25) is 0 Å². The normalized spacial score (nSPS) is 11.3. The van der Waals surface area contributed by atoms with E-state index in [0.717, 1.165) is 17.5 Å². The van der Waals surface area contributed by atoms with Gasteiger partial charge in [0.1, 0.15) is 0 Å². The molecule has 0 spiro atoms. The first kappa shape index (κ1) is 21.6. The largest absolute Gasteiger partial charge is 0.450 e. The van der Waals surface area contributed by atoms with Crippen molar-refractivity contribution in [3.63, 3.8) is 0 Å². The number of sulfonamides is 1. The van der Waals surface area contributed by atoms with E-state index >= 15 is 0 Å². The Labute approximate surface area is 165 Å². The third-order valence-corrected chi connectivity index (χ3v) is 5.11. The average Bonchev–Trinajstić information content (AvgIpc) is 2.63. The lowest BCUT2D eigenvalue weighted by Gasteiger charge is -2.09. The van der Waals surface area contributed by atoms with E-state index in [1.807, 2.05) is 0 Å². The minimum Gasteiger partial charge on any atom is -0.450 e. The zero-order valence-corrected chi connectivity index (χ0v) is 17.1. The molecule has 1 aromatic heterocycles. The van der Waals surface area contributed by atoms with Crippen LogP contribution >= 0.6 is 0 Å². The molecular formula is C19H26N4O4S. The van der Waals surface area contributed by atoms with Crippen molar-refractivity contribution < 1.29 is 17.9 Å². The first-order valence-electron chi connectivity index (χ1n) is 9.13. The van der Waals surface area contributed by atoms with Crippen LogP contribution in [0.5, 0.6) is 0 Å². The first-order valence-corrected chi connectivity index (χ1v) is 10.6. The predicted octanol–water partition coefficient (Wildman–Crippen LogP) is 2.76. The van der Waals surface area contributed by atoms with Crippen LogP contribution in [0.25, 0.3) is 0 Å². The van der Waals surface area contributed by atoms with Gasteiger partial charge in [-0.2, -0.15) is 0 Å². The van der Waals surface area contributed by atoms with E-state index in [4.69, 9.17) is 4.74 Å². The minimum absolute atomic E-state index is 0.0372. The van der Waals surface area contributed by atoms with Gasteiger partial charge in [0.2, 0.25) is 5.95 Å². The quantitative estimate of drug-likeness (QED) is 0.662. The monoisotopic (exact) mass is 406 g/mol. The Morgan fingerprint density at radius 2 is 1.75 bits per heavy atom. The second kappa shape index (κ2) is 10.0. The van der Waals surface area contributed by atoms with E-state index in [1.54, 1.807) is 31.5 Å². The second-order valence-corrected chi connectivity index (χ2v) is 8.34. The minimum atomic E-state index is -3.77. The van der Waals surface area contributed by atoms with E-state index in [-0.39, 0.29) is 10.8 Å². The number of rotatable bonds is 9. The molecule has 1 heterocycles. The van der Waals surface area contributed by atoms with E-state index < -0.39 is 16.1 Å². The predicted molar refractivity (Wildman–Crippen MR) is 107 cm³/mol. The molecule has 152 valence electrons. The van der Waals surface area contributed by atoms with Crippen LogP contribution in [0, 0.1) is 5.92 Å². The molecule has 0 aliphatic heterocycles. The summed E-state index contributed by atoms with van der Waals surface area (Å²) in [5.74, 6) is 0.507. The van der Waals surface area contributed by atoms with Crippen molar-refractivity contribution in [2.75, 3.05) is 17.9 Å². The number of carbonyl (C=O) groups excluding carboxylic acids is 1. The fourth-order valence-electron chi connectivity index (χ4n) is 2.49. The summed E-state index contributed by atoms with van der Waals surface area (Å²) < 4.78 is 32.1. The van der Waals surface area contributed by atoms with Gasteiger partial charge in [-0.25, -0.2) is 27.9 Å². The molecule has 0 radical (unpaired) electrons. The highest BCUT2D eigenvalue weighted by Crippen LogP contribution is 2.15. The van der Waals surface area contributed by atoms with Crippen LogP contribution in [0.15, 0.2) is 41.6 Å². The summed E-state index contributed by atoms with van der Waals surface area (Å²) in [4.78, 5) is 19.5. The third kappa shape index (κ3) is 6.80. The summed E-state index contributed by atoms with van der Waals surface area (Å²) in [6.45, 7) is 6.63. The zero-order valence-electron chi connectivity index (χ0n) is 16.3. The fourth-order valence-corrected chi connectivity index (χ4v) is 3.45. The van der Waals surface area contributed by atoms with Gasteiger partial charge in [-0.05, 0) is 48.9 Å². The van der Waals surface area contributed by atoms with Gasteiger partial charge in [0.15, 0.2) is 0 Å². The van der Waals surface area contributed by atoms with Gasteiger partial charge in [-0.1, -0.05) is 26.0 Å². The topological polar surface area (TPSA) is 110 Å². The number of nitrogens with one attached hydrogen (secondary N) is 2. The summed E-state index contributed by atoms with van der Waals surface area (Å²) >= 11 is 0. The van der Waals surface area contributed by atoms with Crippen LogP contribution < -0.4 is 10.0 Å². The molecule has 0 atom stereocenters.